The minimum atomic E-state index is 1.06. The molecule has 0 aromatic heterocycles. The van der Waals surface area contributed by atoms with E-state index in [-0.39, 0.29) is 0 Å². The van der Waals surface area contributed by atoms with Crippen LogP contribution < -0.4 is 5.84 Å². The fourth-order valence-electron chi connectivity index (χ4n) is 1.44. The zero-order chi connectivity index (χ0) is 9.10. The van der Waals surface area contributed by atoms with Crippen LogP contribution in [0.15, 0.2) is 47.6 Å². The van der Waals surface area contributed by atoms with Gasteiger partial charge in [0, 0.05) is 5.56 Å². The lowest BCUT2D eigenvalue weighted by atomic mass is 10.1. The SMILES string of the molecule is NN=Cc1cccc2ccccc12. The standard InChI is InChI=1S/C11H10N2/c12-13-8-10-6-3-5-9-4-1-2-7-11(9)10/h1-8H,12H2. The average molecular weight is 170 g/mol. The molecule has 2 rings (SSSR count). The molecule has 0 bridgehead atoms. The maximum absolute atomic E-state index is 5.12. The van der Waals surface area contributed by atoms with E-state index in [0.717, 1.165) is 5.56 Å². The lowest BCUT2D eigenvalue weighted by Gasteiger charge is -1.99. The molecule has 2 aromatic rings. The monoisotopic (exact) mass is 170 g/mol. The third kappa shape index (κ3) is 1.38. The van der Waals surface area contributed by atoms with E-state index < -0.39 is 0 Å². The number of hydrogen-bond acceptors (Lipinski definition) is 2. The zero-order valence-electron chi connectivity index (χ0n) is 7.14. The molecule has 0 aliphatic heterocycles. The molecule has 0 heterocycles. The van der Waals surface area contributed by atoms with Crippen molar-refractivity contribution in [3.8, 4) is 0 Å². The van der Waals surface area contributed by atoms with Gasteiger partial charge in [0.25, 0.3) is 0 Å². The fourth-order valence-corrected chi connectivity index (χ4v) is 1.44. The molecule has 0 spiro atoms. The van der Waals surface area contributed by atoms with E-state index in [9.17, 15) is 0 Å². The molecule has 2 aromatic carbocycles. The van der Waals surface area contributed by atoms with Gasteiger partial charge in [0.1, 0.15) is 0 Å². The molecule has 0 saturated heterocycles. The third-order valence-electron chi connectivity index (χ3n) is 2.04. The summed E-state index contributed by atoms with van der Waals surface area (Å²) in [6.45, 7) is 0. The van der Waals surface area contributed by atoms with Crippen LogP contribution in [0.1, 0.15) is 5.56 Å². The Balaban J connectivity index is 2.75. The first-order chi connectivity index (χ1) is 6.42. The summed E-state index contributed by atoms with van der Waals surface area (Å²) in [5, 5.41) is 5.92. The van der Waals surface area contributed by atoms with Gasteiger partial charge in [0.15, 0.2) is 0 Å². The van der Waals surface area contributed by atoms with Crippen LogP contribution in [-0.2, 0) is 0 Å². The topological polar surface area (TPSA) is 38.4 Å². The molecule has 13 heavy (non-hydrogen) atoms. The van der Waals surface area contributed by atoms with Gasteiger partial charge in [-0.25, -0.2) is 0 Å². The lowest BCUT2D eigenvalue weighted by molar-refractivity contribution is 1.26. The average Bonchev–Trinajstić information content (AvgIpc) is 2.19. The zero-order valence-corrected chi connectivity index (χ0v) is 7.14. The van der Waals surface area contributed by atoms with Gasteiger partial charge in [-0.15, -0.1) is 0 Å². The summed E-state index contributed by atoms with van der Waals surface area (Å²) >= 11 is 0. The summed E-state index contributed by atoms with van der Waals surface area (Å²) in [5.74, 6) is 5.12. The summed E-state index contributed by atoms with van der Waals surface area (Å²) in [6.07, 6.45) is 1.67. The van der Waals surface area contributed by atoms with E-state index in [0.29, 0.717) is 0 Å². The van der Waals surface area contributed by atoms with Crippen LogP contribution in [-0.4, -0.2) is 6.21 Å². The molecule has 2 nitrogen and oxygen atoms in total. The summed E-state index contributed by atoms with van der Waals surface area (Å²) in [4.78, 5) is 0. The molecule has 2 heteroatoms. The van der Waals surface area contributed by atoms with E-state index in [1.54, 1.807) is 6.21 Å². The van der Waals surface area contributed by atoms with E-state index in [1.807, 2.05) is 24.3 Å². The largest absolute Gasteiger partial charge is 0.323 e. The number of rotatable bonds is 1. The van der Waals surface area contributed by atoms with E-state index in [4.69, 9.17) is 5.84 Å². The van der Waals surface area contributed by atoms with Gasteiger partial charge >= 0.3 is 0 Å². The molecule has 0 amide bonds. The first-order valence-electron chi connectivity index (χ1n) is 4.13. The van der Waals surface area contributed by atoms with Gasteiger partial charge in [0.05, 0.1) is 6.21 Å². The maximum atomic E-state index is 5.12. The Bertz CT molecular complexity index is 441. The second kappa shape index (κ2) is 3.27. The maximum Gasteiger partial charge on any atom is 0.0544 e. The number of fused-ring (bicyclic) bond motifs is 1. The number of benzene rings is 2. The van der Waals surface area contributed by atoms with E-state index in [1.165, 1.54) is 10.8 Å². The Morgan fingerprint density at radius 3 is 2.62 bits per heavy atom. The predicted molar refractivity (Wildman–Crippen MR) is 55.7 cm³/mol. The number of nitrogens with two attached hydrogens (primary N) is 1. The van der Waals surface area contributed by atoms with E-state index in [2.05, 4.69) is 23.3 Å². The Hall–Kier alpha value is -1.83. The second-order valence-electron chi connectivity index (χ2n) is 2.85. The first kappa shape index (κ1) is 7.80. The number of nitrogens with zero attached hydrogens (tertiary/aromatic N) is 1. The Morgan fingerprint density at radius 2 is 1.77 bits per heavy atom. The highest BCUT2D eigenvalue weighted by Crippen LogP contribution is 2.16. The first-order valence-corrected chi connectivity index (χ1v) is 4.13. The number of hydrogen-bond donors (Lipinski definition) is 1. The Labute approximate surface area is 76.7 Å². The third-order valence-corrected chi connectivity index (χ3v) is 2.04. The van der Waals surface area contributed by atoms with Crippen LogP contribution in [0.4, 0.5) is 0 Å². The molecule has 64 valence electrons. The molecule has 0 aliphatic carbocycles. The molecule has 0 fully saturated rings. The highest BCUT2D eigenvalue weighted by atomic mass is 15.1. The van der Waals surface area contributed by atoms with Crippen LogP contribution in [0.5, 0.6) is 0 Å². The van der Waals surface area contributed by atoms with Crippen LogP contribution in [0.25, 0.3) is 10.8 Å². The molecular weight excluding hydrogens is 160 g/mol. The second-order valence-corrected chi connectivity index (χ2v) is 2.85. The van der Waals surface area contributed by atoms with Crippen LogP contribution in [0, 0.1) is 0 Å². The van der Waals surface area contributed by atoms with Crippen LogP contribution in [0.3, 0.4) is 0 Å². The van der Waals surface area contributed by atoms with Crippen molar-refractivity contribution in [2.45, 2.75) is 0 Å². The highest BCUT2D eigenvalue weighted by Gasteiger charge is 1.95. The van der Waals surface area contributed by atoms with Gasteiger partial charge in [-0.3, -0.25) is 0 Å². The van der Waals surface area contributed by atoms with Crippen molar-refractivity contribution in [3.63, 3.8) is 0 Å². The molecule has 0 aliphatic rings. The fraction of sp³-hybridized carbons (Fsp3) is 0. The van der Waals surface area contributed by atoms with Crippen LogP contribution >= 0.6 is 0 Å². The quantitative estimate of drug-likeness (QED) is 0.397. The number of hydrazone groups is 1. The van der Waals surface area contributed by atoms with Crippen LogP contribution in [0.2, 0.25) is 0 Å². The van der Waals surface area contributed by atoms with Crippen molar-refractivity contribution in [1.82, 2.24) is 0 Å². The summed E-state index contributed by atoms with van der Waals surface area (Å²) < 4.78 is 0. The Morgan fingerprint density at radius 1 is 1.00 bits per heavy atom. The van der Waals surface area contributed by atoms with Crippen molar-refractivity contribution in [3.05, 3.63) is 48.0 Å². The molecule has 0 unspecified atom stereocenters. The molecule has 0 atom stereocenters. The molecular formula is C11H10N2. The van der Waals surface area contributed by atoms with E-state index >= 15 is 0 Å². The molecule has 0 radical (unpaired) electrons. The van der Waals surface area contributed by atoms with Gasteiger partial charge < -0.3 is 5.84 Å². The van der Waals surface area contributed by atoms with Gasteiger partial charge in [-0.05, 0) is 10.8 Å². The van der Waals surface area contributed by atoms with Gasteiger partial charge in [-0.2, -0.15) is 5.10 Å². The van der Waals surface area contributed by atoms with Crippen molar-refractivity contribution in [2.75, 3.05) is 0 Å². The normalized spacial score (nSPS) is 11.1. The van der Waals surface area contributed by atoms with Gasteiger partial charge in [-0.1, -0.05) is 42.5 Å². The smallest absolute Gasteiger partial charge is 0.0544 e. The molecule has 0 saturated carbocycles. The minimum Gasteiger partial charge on any atom is -0.323 e. The molecule has 2 N–H and O–H groups in total. The summed E-state index contributed by atoms with van der Waals surface area (Å²) in [5.41, 5.74) is 1.06. The van der Waals surface area contributed by atoms with Crippen molar-refractivity contribution < 1.29 is 0 Å². The summed E-state index contributed by atoms with van der Waals surface area (Å²) in [7, 11) is 0. The Kier molecular flexibility index (Phi) is 1.96. The summed E-state index contributed by atoms with van der Waals surface area (Å²) in [6, 6.07) is 14.2. The minimum absolute atomic E-state index is 1.06. The van der Waals surface area contributed by atoms with Crippen molar-refractivity contribution in [2.24, 2.45) is 10.9 Å². The highest BCUT2D eigenvalue weighted by molar-refractivity contribution is 5.99. The van der Waals surface area contributed by atoms with Crippen molar-refractivity contribution >= 4 is 17.0 Å². The van der Waals surface area contributed by atoms with Gasteiger partial charge in [0.2, 0.25) is 0 Å². The van der Waals surface area contributed by atoms with Crippen molar-refractivity contribution in [1.29, 1.82) is 0 Å². The predicted octanol–water partition coefficient (Wildman–Crippen LogP) is 2.13. The lowest BCUT2D eigenvalue weighted by Crippen LogP contribution is -1.87.